The summed E-state index contributed by atoms with van der Waals surface area (Å²) in [5.74, 6) is 1.37. The van der Waals surface area contributed by atoms with Crippen molar-refractivity contribution in [1.29, 1.82) is 0 Å². The molecule has 134 valence electrons. The standard InChI is InChI=1S/C20H25NO3S/c1-5-17(15-9-7-6-8-10-15)21-20(22)14(2)25-16-11-12-18(23-3)19(13-16)24-4/h6-14,17H,5H2,1-4H3,(H,21,22)/t14-,17+/m0/s1. The van der Waals surface area contributed by atoms with Crippen molar-refractivity contribution in [2.75, 3.05) is 14.2 Å². The van der Waals surface area contributed by atoms with E-state index < -0.39 is 0 Å². The molecule has 0 saturated heterocycles. The molecular formula is C20H25NO3S. The Balaban J connectivity index is 2.02. The predicted molar refractivity (Wildman–Crippen MR) is 102 cm³/mol. The van der Waals surface area contributed by atoms with Gasteiger partial charge in [0.05, 0.1) is 25.5 Å². The first kappa shape index (κ1) is 19.2. The van der Waals surface area contributed by atoms with Crippen molar-refractivity contribution >= 4 is 17.7 Å². The van der Waals surface area contributed by atoms with E-state index >= 15 is 0 Å². The molecule has 0 aliphatic carbocycles. The zero-order valence-electron chi connectivity index (χ0n) is 15.1. The molecule has 0 heterocycles. The van der Waals surface area contributed by atoms with Crippen molar-refractivity contribution in [2.24, 2.45) is 0 Å². The highest BCUT2D eigenvalue weighted by atomic mass is 32.2. The zero-order valence-corrected chi connectivity index (χ0v) is 15.9. The summed E-state index contributed by atoms with van der Waals surface area (Å²) in [5, 5.41) is 2.93. The second-order valence-electron chi connectivity index (χ2n) is 5.66. The van der Waals surface area contributed by atoms with Crippen LogP contribution in [0.4, 0.5) is 0 Å². The van der Waals surface area contributed by atoms with Crippen LogP contribution in [0.2, 0.25) is 0 Å². The topological polar surface area (TPSA) is 47.6 Å². The molecule has 0 aromatic heterocycles. The van der Waals surface area contributed by atoms with Crippen molar-refractivity contribution in [3.05, 3.63) is 54.1 Å². The third-order valence-electron chi connectivity index (χ3n) is 3.96. The minimum absolute atomic E-state index is 0.0236. The number of thioether (sulfide) groups is 1. The molecule has 4 nitrogen and oxygen atoms in total. The lowest BCUT2D eigenvalue weighted by atomic mass is 10.0. The molecule has 2 aromatic rings. The number of methoxy groups -OCH3 is 2. The Morgan fingerprint density at radius 2 is 1.76 bits per heavy atom. The van der Waals surface area contributed by atoms with Crippen molar-refractivity contribution in [2.45, 2.75) is 36.5 Å². The number of benzene rings is 2. The minimum atomic E-state index is -0.212. The molecule has 2 rings (SSSR count). The van der Waals surface area contributed by atoms with E-state index in [0.717, 1.165) is 16.9 Å². The molecular weight excluding hydrogens is 334 g/mol. The van der Waals surface area contributed by atoms with Gasteiger partial charge in [-0.15, -0.1) is 11.8 Å². The number of carbonyl (C=O) groups is 1. The third kappa shape index (κ3) is 5.16. The first-order valence-corrected chi connectivity index (χ1v) is 9.21. The summed E-state index contributed by atoms with van der Waals surface area (Å²) >= 11 is 1.50. The summed E-state index contributed by atoms with van der Waals surface area (Å²) in [7, 11) is 3.21. The van der Waals surface area contributed by atoms with Gasteiger partial charge in [-0.3, -0.25) is 4.79 Å². The normalized spacial score (nSPS) is 13.0. The fourth-order valence-electron chi connectivity index (χ4n) is 2.54. The summed E-state index contributed by atoms with van der Waals surface area (Å²) in [6, 6.07) is 15.8. The smallest absolute Gasteiger partial charge is 0.233 e. The number of nitrogens with one attached hydrogen (secondary N) is 1. The molecule has 0 saturated carbocycles. The van der Waals surface area contributed by atoms with Crippen molar-refractivity contribution in [3.8, 4) is 11.5 Å². The van der Waals surface area contributed by atoms with E-state index in [2.05, 4.69) is 12.2 Å². The third-order valence-corrected chi connectivity index (χ3v) is 5.06. The van der Waals surface area contributed by atoms with Crippen molar-refractivity contribution in [1.82, 2.24) is 5.32 Å². The van der Waals surface area contributed by atoms with Gasteiger partial charge in [-0.2, -0.15) is 0 Å². The van der Waals surface area contributed by atoms with Crippen LogP contribution >= 0.6 is 11.8 Å². The van der Waals surface area contributed by atoms with Crippen LogP contribution in [0.25, 0.3) is 0 Å². The number of amides is 1. The average Bonchev–Trinajstić information content (AvgIpc) is 2.66. The molecule has 0 aliphatic heterocycles. The van der Waals surface area contributed by atoms with Crippen LogP contribution in [0.15, 0.2) is 53.4 Å². The number of hydrogen-bond donors (Lipinski definition) is 1. The van der Waals surface area contributed by atoms with Crippen LogP contribution in [0.3, 0.4) is 0 Å². The van der Waals surface area contributed by atoms with Gasteiger partial charge in [0.2, 0.25) is 5.91 Å². The Morgan fingerprint density at radius 3 is 2.36 bits per heavy atom. The monoisotopic (exact) mass is 359 g/mol. The molecule has 25 heavy (non-hydrogen) atoms. The van der Waals surface area contributed by atoms with Crippen molar-refractivity contribution in [3.63, 3.8) is 0 Å². The highest BCUT2D eigenvalue weighted by Crippen LogP contribution is 2.33. The molecule has 1 N–H and O–H groups in total. The largest absolute Gasteiger partial charge is 0.493 e. The van der Waals surface area contributed by atoms with Crippen LogP contribution in [0.5, 0.6) is 11.5 Å². The highest BCUT2D eigenvalue weighted by Gasteiger charge is 2.19. The molecule has 0 aliphatic rings. The van der Waals surface area contributed by atoms with E-state index in [4.69, 9.17) is 9.47 Å². The van der Waals surface area contributed by atoms with E-state index in [1.807, 2.05) is 55.5 Å². The molecule has 1 amide bonds. The summed E-state index contributed by atoms with van der Waals surface area (Å²) < 4.78 is 10.6. The van der Waals surface area contributed by atoms with E-state index in [1.165, 1.54) is 11.8 Å². The number of rotatable bonds is 8. The maximum atomic E-state index is 12.6. The quantitative estimate of drug-likeness (QED) is 0.707. The highest BCUT2D eigenvalue weighted by molar-refractivity contribution is 8.00. The van der Waals surface area contributed by atoms with E-state index in [0.29, 0.717) is 11.5 Å². The summed E-state index contributed by atoms with van der Waals surface area (Å²) in [6.45, 7) is 3.98. The van der Waals surface area contributed by atoms with E-state index in [1.54, 1.807) is 14.2 Å². The maximum Gasteiger partial charge on any atom is 0.233 e. The fraction of sp³-hybridized carbons (Fsp3) is 0.350. The Hall–Kier alpha value is -2.14. The Morgan fingerprint density at radius 1 is 1.08 bits per heavy atom. The van der Waals surface area contributed by atoms with E-state index in [-0.39, 0.29) is 17.2 Å². The first-order chi connectivity index (χ1) is 12.1. The van der Waals surface area contributed by atoms with Crippen LogP contribution in [0, 0.1) is 0 Å². The molecule has 5 heteroatoms. The molecule has 0 radical (unpaired) electrons. The maximum absolute atomic E-state index is 12.6. The van der Waals surface area contributed by atoms with Crippen LogP contribution < -0.4 is 14.8 Å². The van der Waals surface area contributed by atoms with E-state index in [9.17, 15) is 4.79 Å². The summed E-state index contributed by atoms with van der Waals surface area (Å²) in [4.78, 5) is 13.5. The lowest BCUT2D eigenvalue weighted by molar-refractivity contribution is -0.121. The fourth-order valence-corrected chi connectivity index (χ4v) is 3.45. The Kier molecular flexibility index (Phi) is 7.19. The lowest BCUT2D eigenvalue weighted by Crippen LogP contribution is -2.34. The summed E-state index contributed by atoms with van der Waals surface area (Å²) in [5.41, 5.74) is 1.13. The van der Waals surface area contributed by atoms with Crippen LogP contribution in [-0.4, -0.2) is 25.4 Å². The zero-order chi connectivity index (χ0) is 18.2. The summed E-state index contributed by atoms with van der Waals surface area (Å²) in [6.07, 6.45) is 0.851. The van der Waals surface area contributed by atoms with Crippen molar-refractivity contribution < 1.29 is 14.3 Å². The van der Waals surface area contributed by atoms with Crippen LogP contribution in [-0.2, 0) is 4.79 Å². The predicted octanol–water partition coefficient (Wildman–Crippen LogP) is 4.45. The van der Waals surface area contributed by atoms with Crippen LogP contribution in [0.1, 0.15) is 31.9 Å². The first-order valence-electron chi connectivity index (χ1n) is 8.33. The van der Waals surface area contributed by atoms with Gasteiger partial charge in [-0.05, 0) is 37.1 Å². The Labute approximate surface area is 153 Å². The van der Waals surface area contributed by atoms with Gasteiger partial charge >= 0.3 is 0 Å². The second-order valence-corrected chi connectivity index (χ2v) is 7.07. The van der Waals surface area contributed by atoms with Gasteiger partial charge in [-0.1, -0.05) is 37.3 Å². The Bertz CT molecular complexity index is 691. The van der Waals surface area contributed by atoms with Gasteiger partial charge in [-0.25, -0.2) is 0 Å². The SMILES string of the molecule is CC[C@@H](NC(=O)[C@H](C)Sc1ccc(OC)c(OC)c1)c1ccccc1. The number of hydrogen-bond acceptors (Lipinski definition) is 4. The average molecular weight is 359 g/mol. The molecule has 0 bridgehead atoms. The van der Waals surface area contributed by atoms with Gasteiger partial charge in [0, 0.05) is 4.90 Å². The number of carbonyl (C=O) groups excluding carboxylic acids is 1. The van der Waals surface area contributed by atoms with Gasteiger partial charge in [0.1, 0.15) is 0 Å². The molecule has 0 unspecified atom stereocenters. The molecule has 0 fully saturated rings. The van der Waals surface area contributed by atoms with Gasteiger partial charge in [0.15, 0.2) is 11.5 Å². The van der Waals surface area contributed by atoms with Gasteiger partial charge < -0.3 is 14.8 Å². The molecule has 2 aromatic carbocycles. The van der Waals surface area contributed by atoms with Gasteiger partial charge in [0.25, 0.3) is 0 Å². The second kappa shape index (κ2) is 9.37. The minimum Gasteiger partial charge on any atom is -0.493 e. The molecule has 2 atom stereocenters. The number of ether oxygens (including phenoxy) is 2. The lowest BCUT2D eigenvalue weighted by Gasteiger charge is -2.20. The molecule has 0 spiro atoms.